The van der Waals surface area contributed by atoms with E-state index in [0.29, 0.717) is 22.2 Å². The fourth-order valence-corrected chi connectivity index (χ4v) is 4.06. The first-order valence-electron chi connectivity index (χ1n) is 9.98. The van der Waals surface area contributed by atoms with Crippen LogP contribution < -0.4 is 39.4 Å². The topological polar surface area (TPSA) is 92.2 Å². The number of carbonyl (C=O) groups is 2. The van der Waals surface area contributed by atoms with Crippen molar-refractivity contribution in [1.82, 2.24) is 8.75 Å². The molecule has 6 nitrogen and oxygen atoms in total. The number of hydrogen-bond donors (Lipinski definition) is 0. The van der Waals surface area contributed by atoms with Crippen LogP contribution in [0.2, 0.25) is 0 Å². The normalized spacial score (nSPS) is 11.5. The third-order valence-electron chi connectivity index (χ3n) is 5.23. The van der Waals surface area contributed by atoms with E-state index < -0.39 is 17.6 Å². The van der Waals surface area contributed by atoms with Crippen molar-refractivity contribution >= 4 is 40.1 Å². The van der Waals surface area contributed by atoms with Crippen molar-refractivity contribution in [2.45, 2.75) is 13.3 Å². The molecule has 0 atom stereocenters. The zero-order valence-electron chi connectivity index (χ0n) is 18.8. The molecule has 0 saturated heterocycles. The van der Waals surface area contributed by atoms with E-state index in [-0.39, 0.29) is 58.4 Å². The van der Waals surface area contributed by atoms with E-state index >= 15 is 0 Å². The second-order valence-corrected chi connectivity index (χ2v) is 7.98. The molecule has 4 aromatic rings. The number of carboxylic acid groups (broad SMARTS) is 1. The maximum atomic E-state index is 14.3. The van der Waals surface area contributed by atoms with Gasteiger partial charge in [-0.1, -0.05) is 42.0 Å². The Bertz CT molecular complexity index is 1400. The van der Waals surface area contributed by atoms with Gasteiger partial charge < -0.3 is 14.6 Å². The molecule has 0 bridgehead atoms. The predicted molar refractivity (Wildman–Crippen MR) is 122 cm³/mol. The number of aryl methyl sites for hydroxylation is 1. The quantitative estimate of drug-likeness (QED) is 0.219. The molecule has 0 unspecified atom stereocenters. The van der Waals surface area contributed by atoms with E-state index in [0.717, 1.165) is 17.3 Å². The van der Waals surface area contributed by atoms with Crippen LogP contribution >= 0.6 is 11.7 Å². The summed E-state index contributed by atoms with van der Waals surface area (Å²) in [5.74, 6) is -2.55. The number of benzene rings is 3. The summed E-state index contributed by atoms with van der Waals surface area (Å²) in [6.07, 6.45) is -0.121. The summed E-state index contributed by atoms with van der Waals surface area (Å²) in [6.45, 7) is 1.88. The first kappa shape index (κ1) is 25.7. The van der Waals surface area contributed by atoms with Crippen molar-refractivity contribution in [3.63, 3.8) is 0 Å². The number of carbonyl (C=O) groups excluding carboxylic acids is 2. The van der Waals surface area contributed by atoms with Gasteiger partial charge in [-0.25, -0.2) is 4.39 Å². The minimum atomic E-state index is -1.51. The van der Waals surface area contributed by atoms with E-state index in [9.17, 15) is 19.1 Å². The van der Waals surface area contributed by atoms with Crippen molar-refractivity contribution in [1.29, 1.82) is 0 Å². The van der Waals surface area contributed by atoms with Gasteiger partial charge in [0.05, 0.1) is 24.8 Å². The van der Waals surface area contributed by atoms with Gasteiger partial charge in [0, 0.05) is 23.1 Å². The smallest absolute Gasteiger partial charge is 0.545 e. The van der Waals surface area contributed by atoms with Gasteiger partial charge in [0.1, 0.15) is 11.0 Å². The van der Waals surface area contributed by atoms with E-state index in [1.165, 1.54) is 19.2 Å². The minimum absolute atomic E-state index is 0. The van der Waals surface area contributed by atoms with Crippen LogP contribution in [0.4, 0.5) is 4.39 Å². The summed E-state index contributed by atoms with van der Waals surface area (Å²) in [7, 11) is 1.35. The second-order valence-electron chi connectivity index (χ2n) is 7.45. The van der Waals surface area contributed by atoms with Gasteiger partial charge in [-0.3, -0.25) is 4.79 Å². The van der Waals surface area contributed by atoms with Crippen LogP contribution in [0.25, 0.3) is 16.6 Å². The number of allylic oxidation sites excluding steroid dienone is 1. The Kier molecular flexibility index (Phi) is 8.33. The van der Waals surface area contributed by atoms with E-state index in [4.69, 9.17) is 4.74 Å². The standard InChI is InChI=1S/C25H19FN2O4S.Na/c1-14-3-6-16(7-4-14)24(29)18(11-15-5-10-22(32-2)19(26)12-15)23(25(30)31)17-8-9-20-21(13-17)28-33-27-20;/h3-10,12-13H,11H2,1-2H3,(H,30,31);/q;+1/p-1. The number of aromatic nitrogens is 2. The van der Waals surface area contributed by atoms with E-state index in [1.54, 1.807) is 48.5 Å². The molecule has 0 N–H and O–H groups in total. The molecule has 0 radical (unpaired) electrons. The molecule has 1 aromatic heterocycles. The SMILES string of the molecule is COc1ccc(CC(C(=O)c2ccc(C)cc2)=C(C(=O)[O-])c2ccc3nsnc3c2)cc1F.[Na+]. The summed E-state index contributed by atoms with van der Waals surface area (Å²) in [6, 6.07) is 15.8. The molecule has 0 aliphatic rings. The molecule has 0 saturated carbocycles. The number of aliphatic carboxylic acids is 1. The molecule has 9 heteroatoms. The number of fused-ring (bicyclic) bond motifs is 1. The van der Waals surface area contributed by atoms with Crippen LogP contribution in [-0.2, 0) is 11.2 Å². The third kappa shape index (κ3) is 5.42. The Morgan fingerprint density at radius 1 is 0.971 bits per heavy atom. The van der Waals surface area contributed by atoms with Gasteiger partial charge in [0.25, 0.3) is 0 Å². The number of carboxylic acids is 1. The fraction of sp³-hybridized carbons (Fsp3) is 0.120. The van der Waals surface area contributed by atoms with Gasteiger partial charge in [-0.2, -0.15) is 8.75 Å². The molecule has 3 aromatic carbocycles. The molecule has 4 rings (SSSR count). The Labute approximate surface area is 221 Å². The van der Waals surface area contributed by atoms with Gasteiger partial charge >= 0.3 is 29.6 Å². The molecule has 0 aliphatic carbocycles. The average molecular weight is 484 g/mol. The molecule has 0 amide bonds. The van der Waals surface area contributed by atoms with Crippen molar-refractivity contribution in [2.75, 3.05) is 7.11 Å². The number of halogens is 1. The Balaban J connectivity index is 0.00000324. The summed E-state index contributed by atoms with van der Waals surface area (Å²) in [4.78, 5) is 25.8. The number of hydrogen-bond acceptors (Lipinski definition) is 7. The fourth-order valence-electron chi connectivity index (χ4n) is 3.54. The molecule has 1 heterocycles. The summed E-state index contributed by atoms with van der Waals surface area (Å²) in [5.41, 5.74) is 2.78. The third-order valence-corrected chi connectivity index (χ3v) is 5.79. The Hall–Kier alpha value is -2.91. The minimum Gasteiger partial charge on any atom is -0.545 e. The number of rotatable bonds is 7. The maximum absolute atomic E-state index is 14.3. The molecule has 0 aliphatic heterocycles. The van der Waals surface area contributed by atoms with E-state index in [1.807, 2.05) is 6.92 Å². The number of methoxy groups -OCH3 is 1. The molecular weight excluding hydrogens is 466 g/mol. The predicted octanol–water partition coefficient (Wildman–Crippen LogP) is 0.781. The van der Waals surface area contributed by atoms with Crippen LogP contribution in [0.15, 0.2) is 66.2 Å². The van der Waals surface area contributed by atoms with Crippen molar-refractivity contribution in [3.8, 4) is 5.75 Å². The van der Waals surface area contributed by atoms with Gasteiger partial charge in [0.15, 0.2) is 17.3 Å². The number of nitrogens with zero attached hydrogens (tertiary/aromatic N) is 2. The second kappa shape index (κ2) is 11.0. The van der Waals surface area contributed by atoms with Crippen molar-refractivity contribution < 1.29 is 53.4 Å². The summed E-state index contributed by atoms with van der Waals surface area (Å²) >= 11 is 1.00. The number of ketones is 1. The van der Waals surface area contributed by atoms with Gasteiger partial charge in [-0.15, -0.1) is 0 Å². The number of Topliss-reactive ketones (excluding diaryl/α,β-unsaturated/α-hetero) is 1. The van der Waals surface area contributed by atoms with Gasteiger partial charge in [-0.05, 0) is 42.3 Å². The Morgan fingerprint density at radius 2 is 1.65 bits per heavy atom. The van der Waals surface area contributed by atoms with Crippen LogP contribution in [0.3, 0.4) is 0 Å². The molecule has 0 fully saturated rings. The molecule has 0 spiro atoms. The zero-order chi connectivity index (χ0) is 23.5. The monoisotopic (exact) mass is 484 g/mol. The average Bonchev–Trinajstić information content (AvgIpc) is 3.27. The zero-order valence-corrected chi connectivity index (χ0v) is 21.6. The Morgan fingerprint density at radius 3 is 2.29 bits per heavy atom. The van der Waals surface area contributed by atoms with E-state index in [2.05, 4.69) is 8.75 Å². The van der Waals surface area contributed by atoms with Crippen LogP contribution in [0.5, 0.6) is 5.75 Å². The summed E-state index contributed by atoms with van der Waals surface area (Å²) in [5, 5.41) is 12.3. The molecule has 166 valence electrons. The maximum Gasteiger partial charge on any atom is 1.00 e. The van der Waals surface area contributed by atoms with Crippen LogP contribution in [-0.4, -0.2) is 27.6 Å². The first-order chi connectivity index (χ1) is 15.9. The van der Waals surface area contributed by atoms with Crippen LogP contribution in [0, 0.1) is 12.7 Å². The van der Waals surface area contributed by atoms with Crippen molar-refractivity contribution in [2.24, 2.45) is 0 Å². The largest absolute Gasteiger partial charge is 1.00 e. The summed E-state index contributed by atoms with van der Waals surface area (Å²) < 4.78 is 27.6. The first-order valence-corrected chi connectivity index (χ1v) is 10.7. The van der Waals surface area contributed by atoms with Crippen molar-refractivity contribution in [3.05, 3.63) is 94.3 Å². The molecule has 34 heavy (non-hydrogen) atoms. The molecular formula is C25H18FN2NaO4S. The van der Waals surface area contributed by atoms with Gasteiger partial charge in [0.2, 0.25) is 0 Å². The van der Waals surface area contributed by atoms with Crippen LogP contribution in [0.1, 0.15) is 27.0 Å². The number of ether oxygens (including phenoxy) is 1.